The van der Waals surface area contributed by atoms with Crippen LogP contribution in [0.5, 0.6) is 0 Å². The van der Waals surface area contributed by atoms with E-state index in [-0.39, 0.29) is 11.9 Å². The van der Waals surface area contributed by atoms with E-state index >= 15 is 0 Å². The highest BCUT2D eigenvalue weighted by atomic mass is 16.2. The number of pyridine rings is 1. The van der Waals surface area contributed by atoms with Crippen LogP contribution in [-0.2, 0) is 0 Å². The molecule has 1 aromatic carbocycles. The van der Waals surface area contributed by atoms with Crippen LogP contribution in [0.15, 0.2) is 42.5 Å². The largest absolute Gasteiger partial charge is 0.328 e. The fraction of sp³-hybridized carbons (Fsp3) is 0.318. The lowest BCUT2D eigenvalue weighted by molar-refractivity contribution is 0.0720. The molecule has 132 valence electrons. The summed E-state index contributed by atoms with van der Waals surface area (Å²) in [5, 5.41) is 9.52. The molecule has 0 N–H and O–H groups in total. The second-order valence-electron chi connectivity index (χ2n) is 7.12. The van der Waals surface area contributed by atoms with Gasteiger partial charge in [-0.05, 0) is 43.5 Å². The Morgan fingerprint density at radius 2 is 2.08 bits per heavy atom. The number of nitrogens with zero attached hydrogens (tertiary/aromatic N) is 3. The zero-order chi connectivity index (χ0) is 18.8. The van der Waals surface area contributed by atoms with Gasteiger partial charge in [0.25, 0.3) is 5.91 Å². The van der Waals surface area contributed by atoms with Crippen molar-refractivity contribution in [2.45, 2.75) is 33.7 Å². The molecule has 0 saturated carbocycles. The third-order valence-corrected chi connectivity index (χ3v) is 4.78. The first kappa shape index (κ1) is 17.9. The van der Waals surface area contributed by atoms with Gasteiger partial charge in [0.05, 0.1) is 17.3 Å². The average Bonchev–Trinajstić information content (AvgIpc) is 3.10. The van der Waals surface area contributed by atoms with Gasteiger partial charge in [0.15, 0.2) is 0 Å². The molecule has 1 aromatic heterocycles. The van der Waals surface area contributed by atoms with E-state index in [9.17, 15) is 10.1 Å². The minimum atomic E-state index is 0.0124. The number of carbonyl (C=O) groups excluding carboxylic acids is 1. The maximum Gasteiger partial charge on any atom is 0.254 e. The highest BCUT2D eigenvalue weighted by molar-refractivity contribution is 5.96. The van der Waals surface area contributed by atoms with Crippen LogP contribution in [0.4, 0.5) is 0 Å². The van der Waals surface area contributed by atoms with E-state index in [1.807, 2.05) is 55.2 Å². The molecule has 3 rings (SSSR count). The highest BCUT2D eigenvalue weighted by Crippen LogP contribution is 2.27. The Hall–Kier alpha value is -2.93. The lowest BCUT2D eigenvalue weighted by Crippen LogP contribution is -2.39. The number of aromatic nitrogens is 1. The molecular formula is C22H23N3O. The second-order valence-corrected chi connectivity index (χ2v) is 7.12. The molecule has 0 spiro atoms. The smallest absolute Gasteiger partial charge is 0.254 e. The number of aryl methyl sites for hydroxylation is 2. The topological polar surface area (TPSA) is 57.0 Å². The van der Waals surface area contributed by atoms with Crippen LogP contribution in [0.3, 0.4) is 0 Å². The molecule has 4 heteroatoms. The van der Waals surface area contributed by atoms with Gasteiger partial charge in [-0.3, -0.25) is 9.78 Å². The Bertz CT molecular complexity index is 921. The maximum absolute atomic E-state index is 13.0. The van der Waals surface area contributed by atoms with Crippen molar-refractivity contribution in [2.24, 2.45) is 5.92 Å². The van der Waals surface area contributed by atoms with Gasteiger partial charge >= 0.3 is 0 Å². The van der Waals surface area contributed by atoms with Crippen LogP contribution in [0.1, 0.15) is 41.0 Å². The summed E-state index contributed by atoms with van der Waals surface area (Å²) < 4.78 is 0. The number of nitriles is 1. The van der Waals surface area contributed by atoms with Gasteiger partial charge in [-0.1, -0.05) is 38.1 Å². The minimum Gasteiger partial charge on any atom is -0.328 e. The van der Waals surface area contributed by atoms with E-state index in [1.165, 1.54) is 0 Å². The van der Waals surface area contributed by atoms with Crippen LogP contribution in [0.25, 0.3) is 11.3 Å². The van der Waals surface area contributed by atoms with Gasteiger partial charge in [0.1, 0.15) is 6.07 Å². The molecule has 1 aliphatic heterocycles. The fourth-order valence-electron chi connectivity index (χ4n) is 3.49. The van der Waals surface area contributed by atoms with E-state index in [0.717, 1.165) is 16.8 Å². The summed E-state index contributed by atoms with van der Waals surface area (Å²) in [4.78, 5) is 19.5. The first-order valence-electron chi connectivity index (χ1n) is 8.88. The standard InChI is InChI=1S/C22H23N3O/c1-14(2)20-9-6-10-25(20)22(26)18-8-5-7-17(12-18)21-19(13-23)15(3)11-16(4)24-21/h5-9,11-12,14,20H,10H2,1-4H3/t20-/m1/s1. The normalized spacial score (nSPS) is 16.2. The van der Waals surface area contributed by atoms with Crippen molar-refractivity contribution in [3.8, 4) is 17.3 Å². The lowest BCUT2D eigenvalue weighted by atomic mass is 9.99. The Kier molecular flexibility index (Phi) is 4.90. The first-order chi connectivity index (χ1) is 12.4. The number of amides is 1. The van der Waals surface area contributed by atoms with E-state index in [1.54, 1.807) is 0 Å². The van der Waals surface area contributed by atoms with E-state index in [4.69, 9.17) is 0 Å². The summed E-state index contributed by atoms with van der Waals surface area (Å²) in [6, 6.07) is 11.7. The van der Waals surface area contributed by atoms with Crippen LogP contribution < -0.4 is 0 Å². The van der Waals surface area contributed by atoms with Crippen molar-refractivity contribution in [2.75, 3.05) is 6.54 Å². The Morgan fingerprint density at radius 1 is 1.31 bits per heavy atom. The second kappa shape index (κ2) is 7.13. The Morgan fingerprint density at radius 3 is 2.77 bits per heavy atom. The van der Waals surface area contributed by atoms with Gasteiger partial charge in [-0.25, -0.2) is 0 Å². The third-order valence-electron chi connectivity index (χ3n) is 4.78. The Balaban J connectivity index is 2.00. The molecule has 4 nitrogen and oxygen atoms in total. The number of carbonyl (C=O) groups is 1. The third kappa shape index (κ3) is 3.25. The van der Waals surface area contributed by atoms with E-state index in [0.29, 0.717) is 29.3 Å². The van der Waals surface area contributed by atoms with Crippen molar-refractivity contribution >= 4 is 5.91 Å². The van der Waals surface area contributed by atoms with Crippen LogP contribution in [0, 0.1) is 31.1 Å². The maximum atomic E-state index is 13.0. The molecule has 26 heavy (non-hydrogen) atoms. The summed E-state index contributed by atoms with van der Waals surface area (Å²) in [6.07, 6.45) is 4.15. The summed E-state index contributed by atoms with van der Waals surface area (Å²) in [7, 11) is 0. The predicted octanol–water partition coefficient (Wildman–Crippen LogP) is 4.27. The van der Waals surface area contributed by atoms with Gasteiger partial charge in [0.2, 0.25) is 0 Å². The quantitative estimate of drug-likeness (QED) is 0.781. The molecule has 0 fully saturated rings. The molecule has 2 aromatic rings. The van der Waals surface area contributed by atoms with Gasteiger partial charge in [-0.2, -0.15) is 5.26 Å². The number of hydrogen-bond donors (Lipinski definition) is 0. The fourth-order valence-corrected chi connectivity index (χ4v) is 3.49. The molecule has 0 bridgehead atoms. The summed E-state index contributed by atoms with van der Waals surface area (Å²) in [5.74, 6) is 0.380. The van der Waals surface area contributed by atoms with Gasteiger partial charge in [-0.15, -0.1) is 0 Å². The molecular weight excluding hydrogens is 322 g/mol. The van der Waals surface area contributed by atoms with Crippen LogP contribution in [-0.4, -0.2) is 28.4 Å². The van der Waals surface area contributed by atoms with Crippen molar-refractivity contribution in [3.63, 3.8) is 0 Å². The molecule has 1 amide bonds. The van der Waals surface area contributed by atoms with E-state index in [2.05, 4.69) is 31.0 Å². The number of hydrogen-bond acceptors (Lipinski definition) is 3. The summed E-state index contributed by atoms with van der Waals surface area (Å²) in [5.41, 5.74) is 4.38. The lowest BCUT2D eigenvalue weighted by Gasteiger charge is -2.27. The molecule has 2 heterocycles. The van der Waals surface area contributed by atoms with Crippen LogP contribution in [0.2, 0.25) is 0 Å². The van der Waals surface area contributed by atoms with Gasteiger partial charge < -0.3 is 4.90 Å². The average molecular weight is 345 g/mol. The summed E-state index contributed by atoms with van der Waals surface area (Å²) >= 11 is 0. The zero-order valence-electron chi connectivity index (χ0n) is 15.7. The monoisotopic (exact) mass is 345 g/mol. The molecule has 0 saturated heterocycles. The van der Waals surface area contributed by atoms with Crippen molar-refractivity contribution in [3.05, 3.63) is 64.9 Å². The molecule has 1 aliphatic rings. The van der Waals surface area contributed by atoms with E-state index < -0.39 is 0 Å². The number of rotatable bonds is 3. The molecule has 1 atom stereocenters. The van der Waals surface area contributed by atoms with Crippen molar-refractivity contribution < 1.29 is 4.79 Å². The SMILES string of the molecule is Cc1cc(C)c(C#N)c(-c2cccc(C(=O)N3CC=C[C@@H]3C(C)C)c2)n1. The Labute approximate surface area is 154 Å². The van der Waals surface area contributed by atoms with Gasteiger partial charge in [0, 0.05) is 23.4 Å². The van der Waals surface area contributed by atoms with Crippen LogP contribution >= 0.6 is 0 Å². The molecule has 0 radical (unpaired) electrons. The zero-order valence-corrected chi connectivity index (χ0v) is 15.7. The molecule has 0 unspecified atom stereocenters. The predicted molar refractivity (Wildman–Crippen MR) is 103 cm³/mol. The van der Waals surface area contributed by atoms with Crippen molar-refractivity contribution in [1.82, 2.24) is 9.88 Å². The number of benzene rings is 1. The summed E-state index contributed by atoms with van der Waals surface area (Å²) in [6.45, 7) is 8.70. The van der Waals surface area contributed by atoms with Crippen molar-refractivity contribution in [1.29, 1.82) is 5.26 Å². The molecule has 0 aliphatic carbocycles. The minimum absolute atomic E-state index is 0.0124. The highest BCUT2D eigenvalue weighted by Gasteiger charge is 2.28. The first-order valence-corrected chi connectivity index (χ1v) is 8.88.